The van der Waals surface area contributed by atoms with Crippen LogP contribution < -0.4 is 16.8 Å². The highest BCUT2D eigenvalue weighted by atomic mass is 32.2. The van der Waals surface area contributed by atoms with Crippen molar-refractivity contribution >= 4 is 34.8 Å². The van der Waals surface area contributed by atoms with E-state index in [0.717, 1.165) is 27.5 Å². The van der Waals surface area contributed by atoms with E-state index in [2.05, 4.69) is 20.5 Å². The first kappa shape index (κ1) is 17.9. The van der Waals surface area contributed by atoms with Gasteiger partial charge in [0.05, 0.1) is 5.69 Å². The summed E-state index contributed by atoms with van der Waals surface area (Å²) in [7, 11) is 0. The van der Waals surface area contributed by atoms with Crippen molar-refractivity contribution in [2.75, 3.05) is 16.8 Å². The molecule has 6 N–H and O–H groups in total. The molecule has 8 heteroatoms. The molecule has 0 aliphatic carbocycles. The fourth-order valence-corrected chi connectivity index (χ4v) is 3.41. The second-order valence-corrected chi connectivity index (χ2v) is 7.32. The van der Waals surface area contributed by atoms with Crippen LogP contribution in [-0.4, -0.2) is 20.2 Å². The van der Waals surface area contributed by atoms with Crippen molar-refractivity contribution in [3.8, 4) is 11.3 Å². The van der Waals surface area contributed by atoms with Crippen LogP contribution in [0.15, 0.2) is 70.7 Å². The number of H-pyrrole nitrogens is 1. The highest BCUT2D eigenvalue weighted by Gasteiger charge is 2.10. The second-order valence-electron chi connectivity index (χ2n) is 6.28. The zero-order chi connectivity index (χ0) is 19.5. The van der Waals surface area contributed by atoms with Crippen LogP contribution in [0.4, 0.5) is 23.0 Å². The third kappa shape index (κ3) is 4.24. The maximum absolute atomic E-state index is 5.95. The van der Waals surface area contributed by atoms with Crippen molar-refractivity contribution in [3.63, 3.8) is 0 Å². The van der Waals surface area contributed by atoms with Gasteiger partial charge in [-0.15, -0.1) is 0 Å². The molecule has 0 aliphatic rings. The molecule has 7 nitrogen and oxygen atoms in total. The SMILES string of the molecule is Cc1cc(Nc2cc(-c3cccc(N)c3)nc(Sc3ccc(N)cc3)n2)n[nH]1. The minimum atomic E-state index is 0.611. The van der Waals surface area contributed by atoms with Gasteiger partial charge in [-0.3, -0.25) is 5.10 Å². The molecule has 2 heterocycles. The fourth-order valence-electron chi connectivity index (χ4n) is 2.64. The molecule has 0 bridgehead atoms. The predicted octanol–water partition coefficient (Wildman–Crippen LogP) is 4.23. The first-order chi connectivity index (χ1) is 13.5. The number of nitrogens with two attached hydrogens (primary N) is 2. The van der Waals surface area contributed by atoms with Gasteiger partial charge in [-0.25, -0.2) is 9.97 Å². The summed E-state index contributed by atoms with van der Waals surface area (Å²) < 4.78 is 0. The summed E-state index contributed by atoms with van der Waals surface area (Å²) in [4.78, 5) is 10.3. The number of aromatic amines is 1. The molecular weight excluding hydrogens is 370 g/mol. The molecule has 0 amide bonds. The molecule has 4 rings (SSSR count). The maximum atomic E-state index is 5.95. The predicted molar refractivity (Wildman–Crippen MR) is 113 cm³/mol. The second kappa shape index (κ2) is 7.61. The summed E-state index contributed by atoms with van der Waals surface area (Å²) >= 11 is 1.46. The average molecular weight is 389 g/mol. The Morgan fingerprint density at radius 2 is 1.71 bits per heavy atom. The van der Waals surface area contributed by atoms with E-state index in [1.165, 1.54) is 11.8 Å². The van der Waals surface area contributed by atoms with Gasteiger partial charge < -0.3 is 16.8 Å². The number of benzene rings is 2. The van der Waals surface area contributed by atoms with Crippen molar-refractivity contribution in [1.29, 1.82) is 0 Å². The summed E-state index contributed by atoms with van der Waals surface area (Å²) in [6, 6.07) is 19.0. The Balaban J connectivity index is 1.72. The Morgan fingerprint density at radius 1 is 0.893 bits per heavy atom. The van der Waals surface area contributed by atoms with Crippen molar-refractivity contribution in [1.82, 2.24) is 20.2 Å². The molecule has 0 saturated carbocycles. The van der Waals surface area contributed by atoms with Gasteiger partial charge >= 0.3 is 0 Å². The normalized spacial score (nSPS) is 10.8. The lowest BCUT2D eigenvalue weighted by atomic mass is 10.1. The zero-order valence-corrected chi connectivity index (χ0v) is 16.0. The first-order valence-electron chi connectivity index (χ1n) is 8.62. The number of aryl methyl sites for hydroxylation is 1. The minimum Gasteiger partial charge on any atom is -0.399 e. The third-order valence-electron chi connectivity index (χ3n) is 3.94. The van der Waals surface area contributed by atoms with Crippen LogP contribution in [-0.2, 0) is 0 Å². The summed E-state index contributed by atoms with van der Waals surface area (Å²) in [6.07, 6.45) is 0. The molecule has 4 aromatic rings. The van der Waals surface area contributed by atoms with E-state index in [1.54, 1.807) is 0 Å². The van der Waals surface area contributed by atoms with Crippen molar-refractivity contribution < 1.29 is 0 Å². The Kier molecular flexibility index (Phi) is 4.86. The highest BCUT2D eigenvalue weighted by Crippen LogP contribution is 2.30. The van der Waals surface area contributed by atoms with Crippen LogP contribution in [0.25, 0.3) is 11.3 Å². The minimum absolute atomic E-state index is 0.611. The quantitative estimate of drug-likeness (QED) is 0.298. The lowest BCUT2D eigenvalue weighted by Crippen LogP contribution is -1.99. The number of aromatic nitrogens is 4. The third-order valence-corrected chi connectivity index (χ3v) is 4.81. The number of nitrogens with one attached hydrogen (secondary N) is 2. The zero-order valence-electron chi connectivity index (χ0n) is 15.2. The number of nitrogens with zero attached hydrogens (tertiary/aromatic N) is 3. The van der Waals surface area contributed by atoms with Crippen LogP contribution >= 0.6 is 11.8 Å². The largest absolute Gasteiger partial charge is 0.399 e. The molecule has 0 fully saturated rings. The Labute approximate surface area is 166 Å². The molecular formula is C20H19N7S. The smallest absolute Gasteiger partial charge is 0.194 e. The van der Waals surface area contributed by atoms with E-state index in [4.69, 9.17) is 16.5 Å². The van der Waals surface area contributed by atoms with Gasteiger partial charge in [0.1, 0.15) is 5.82 Å². The van der Waals surface area contributed by atoms with E-state index in [-0.39, 0.29) is 0 Å². The van der Waals surface area contributed by atoms with Gasteiger partial charge in [-0.05, 0) is 55.1 Å². The number of rotatable bonds is 5. The molecule has 0 saturated heterocycles. The van der Waals surface area contributed by atoms with E-state index >= 15 is 0 Å². The van der Waals surface area contributed by atoms with Crippen LogP contribution in [0, 0.1) is 6.92 Å². The fraction of sp³-hybridized carbons (Fsp3) is 0.0500. The molecule has 140 valence electrons. The van der Waals surface area contributed by atoms with E-state index in [9.17, 15) is 0 Å². The van der Waals surface area contributed by atoms with Crippen LogP contribution in [0.5, 0.6) is 0 Å². The van der Waals surface area contributed by atoms with E-state index in [1.807, 2.05) is 67.6 Å². The van der Waals surface area contributed by atoms with Crippen molar-refractivity contribution in [3.05, 3.63) is 66.4 Å². The standard InChI is InChI=1S/C20H19N7S/c1-12-9-19(27-26-12)24-18-11-17(13-3-2-4-15(22)10-13)23-20(25-18)28-16-7-5-14(21)6-8-16/h2-11H,21-22H2,1H3,(H2,23,24,25,26,27). The van der Waals surface area contributed by atoms with Gasteiger partial charge in [0.15, 0.2) is 11.0 Å². The van der Waals surface area contributed by atoms with Gasteiger partial charge in [-0.2, -0.15) is 5.10 Å². The van der Waals surface area contributed by atoms with Crippen molar-refractivity contribution in [2.45, 2.75) is 17.0 Å². The number of hydrogen-bond donors (Lipinski definition) is 4. The molecule has 28 heavy (non-hydrogen) atoms. The summed E-state index contributed by atoms with van der Waals surface area (Å²) in [5.41, 5.74) is 15.8. The van der Waals surface area contributed by atoms with Gasteiger partial charge in [0, 0.05) is 39.7 Å². The van der Waals surface area contributed by atoms with Crippen LogP contribution in [0.2, 0.25) is 0 Å². The van der Waals surface area contributed by atoms with Crippen molar-refractivity contribution in [2.24, 2.45) is 0 Å². The maximum Gasteiger partial charge on any atom is 0.194 e. The molecule has 0 radical (unpaired) electrons. The van der Waals surface area contributed by atoms with Gasteiger partial charge in [-0.1, -0.05) is 12.1 Å². The molecule has 2 aromatic carbocycles. The molecule has 2 aromatic heterocycles. The molecule has 0 atom stereocenters. The Bertz CT molecular complexity index is 1110. The van der Waals surface area contributed by atoms with E-state index < -0.39 is 0 Å². The van der Waals surface area contributed by atoms with Gasteiger partial charge in [0.25, 0.3) is 0 Å². The summed E-state index contributed by atoms with van der Waals surface area (Å²) in [5.74, 6) is 1.34. The Hall–Kier alpha value is -3.52. The molecule has 0 spiro atoms. The summed E-state index contributed by atoms with van der Waals surface area (Å²) in [6.45, 7) is 1.94. The number of nitrogen functional groups attached to an aromatic ring is 2. The van der Waals surface area contributed by atoms with Gasteiger partial charge in [0.2, 0.25) is 0 Å². The Morgan fingerprint density at radius 3 is 2.43 bits per heavy atom. The van der Waals surface area contributed by atoms with Crippen LogP contribution in [0.1, 0.15) is 5.69 Å². The van der Waals surface area contributed by atoms with E-state index in [0.29, 0.717) is 22.5 Å². The highest BCUT2D eigenvalue weighted by molar-refractivity contribution is 7.99. The lowest BCUT2D eigenvalue weighted by Gasteiger charge is -2.09. The molecule has 0 unspecified atom stereocenters. The van der Waals surface area contributed by atoms with Crippen LogP contribution in [0.3, 0.4) is 0 Å². The first-order valence-corrected chi connectivity index (χ1v) is 9.44. The number of anilines is 4. The summed E-state index contributed by atoms with van der Waals surface area (Å²) in [5, 5.41) is 11.0. The topological polar surface area (TPSA) is 119 Å². The molecule has 0 aliphatic heterocycles. The monoisotopic (exact) mass is 389 g/mol. The lowest BCUT2D eigenvalue weighted by molar-refractivity contribution is 0.973. The average Bonchev–Trinajstić information content (AvgIpc) is 3.08. The number of hydrogen-bond acceptors (Lipinski definition) is 7.